The summed E-state index contributed by atoms with van der Waals surface area (Å²) >= 11 is 1.63. The fraction of sp³-hybridized carbons (Fsp3) is 0.300. The highest BCUT2D eigenvalue weighted by Crippen LogP contribution is 2.21. The summed E-state index contributed by atoms with van der Waals surface area (Å²) in [5.41, 5.74) is 8.26. The van der Waals surface area contributed by atoms with Crippen molar-refractivity contribution in [1.82, 2.24) is 9.78 Å². The summed E-state index contributed by atoms with van der Waals surface area (Å²) in [6.45, 7) is 1.16. The van der Waals surface area contributed by atoms with Crippen LogP contribution in [0.4, 0.5) is 0 Å². The maximum atomic E-state index is 9.16. The standard InChI is InChI=1S/C10H13N3OS/c11-2-3-13-9(6-14)5-10(12-13)8-1-4-15-7-8/h1,4-5,7,14H,2-3,6,11H2. The van der Waals surface area contributed by atoms with Crippen molar-refractivity contribution in [3.8, 4) is 11.3 Å². The first kappa shape index (κ1) is 10.4. The van der Waals surface area contributed by atoms with Crippen LogP contribution in [0.25, 0.3) is 11.3 Å². The average Bonchev–Trinajstić information content (AvgIpc) is 2.84. The van der Waals surface area contributed by atoms with Crippen molar-refractivity contribution in [2.45, 2.75) is 13.2 Å². The predicted octanol–water partition coefficient (Wildman–Crippen LogP) is 1.06. The molecule has 0 saturated heterocycles. The number of aliphatic hydroxyl groups is 1. The zero-order chi connectivity index (χ0) is 10.7. The summed E-state index contributed by atoms with van der Waals surface area (Å²) in [5.74, 6) is 0. The molecule has 2 rings (SSSR count). The molecule has 0 unspecified atom stereocenters. The summed E-state index contributed by atoms with van der Waals surface area (Å²) in [6, 6.07) is 3.92. The fourth-order valence-corrected chi connectivity index (χ4v) is 2.10. The number of nitrogens with zero attached hydrogens (tertiary/aromatic N) is 2. The van der Waals surface area contributed by atoms with Gasteiger partial charge in [-0.1, -0.05) is 0 Å². The quantitative estimate of drug-likeness (QED) is 0.814. The minimum absolute atomic E-state index is 0.00284. The Kier molecular flexibility index (Phi) is 3.15. The summed E-state index contributed by atoms with van der Waals surface area (Å²) in [7, 11) is 0. The van der Waals surface area contributed by atoms with Crippen molar-refractivity contribution >= 4 is 11.3 Å². The van der Waals surface area contributed by atoms with E-state index in [0.29, 0.717) is 13.1 Å². The third kappa shape index (κ3) is 2.09. The summed E-state index contributed by atoms with van der Waals surface area (Å²) < 4.78 is 1.76. The van der Waals surface area contributed by atoms with Crippen LogP contribution in [-0.4, -0.2) is 21.4 Å². The molecule has 0 aromatic carbocycles. The molecule has 0 aliphatic carbocycles. The smallest absolute Gasteiger partial charge is 0.0935 e. The Morgan fingerprint density at radius 2 is 2.40 bits per heavy atom. The second-order valence-electron chi connectivity index (χ2n) is 3.20. The zero-order valence-corrected chi connectivity index (χ0v) is 9.07. The number of hydrogen-bond donors (Lipinski definition) is 2. The van der Waals surface area contributed by atoms with Crippen LogP contribution in [0, 0.1) is 0 Å². The van der Waals surface area contributed by atoms with E-state index < -0.39 is 0 Å². The van der Waals surface area contributed by atoms with Crippen molar-refractivity contribution in [2.75, 3.05) is 6.54 Å². The SMILES string of the molecule is NCCn1nc(-c2ccsc2)cc1CO. The molecule has 5 heteroatoms. The highest BCUT2D eigenvalue weighted by atomic mass is 32.1. The van der Waals surface area contributed by atoms with Crippen molar-refractivity contribution in [1.29, 1.82) is 0 Å². The maximum absolute atomic E-state index is 9.16. The lowest BCUT2D eigenvalue weighted by Gasteiger charge is -2.01. The van der Waals surface area contributed by atoms with Gasteiger partial charge in [-0.05, 0) is 17.5 Å². The number of aromatic nitrogens is 2. The Bertz CT molecular complexity index is 422. The lowest BCUT2D eigenvalue weighted by atomic mass is 10.2. The van der Waals surface area contributed by atoms with E-state index in [1.165, 1.54) is 0 Å². The number of aliphatic hydroxyl groups excluding tert-OH is 1. The normalized spacial score (nSPS) is 10.8. The summed E-state index contributed by atoms with van der Waals surface area (Å²) in [6.07, 6.45) is 0. The van der Waals surface area contributed by atoms with Gasteiger partial charge in [-0.15, -0.1) is 0 Å². The lowest BCUT2D eigenvalue weighted by molar-refractivity contribution is 0.268. The van der Waals surface area contributed by atoms with Gasteiger partial charge in [-0.2, -0.15) is 16.4 Å². The van der Waals surface area contributed by atoms with Crippen LogP contribution in [-0.2, 0) is 13.2 Å². The first-order valence-electron chi connectivity index (χ1n) is 4.75. The van der Waals surface area contributed by atoms with Crippen molar-refractivity contribution in [3.05, 3.63) is 28.6 Å². The molecule has 0 amide bonds. The average molecular weight is 223 g/mol. The van der Waals surface area contributed by atoms with Gasteiger partial charge in [0.1, 0.15) is 0 Å². The monoisotopic (exact) mass is 223 g/mol. The molecule has 0 atom stereocenters. The van der Waals surface area contributed by atoms with Gasteiger partial charge >= 0.3 is 0 Å². The minimum Gasteiger partial charge on any atom is -0.390 e. The van der Waals surface area contributed by atoms with E-state index in [1.54, 1.807) is 16.0 Å². The Balaban J connectivity index is 2.34. The van der Waals surface area contributed by atoms with Crippen LogP contribution in [0.5, 0.6) is 0 Å². The molecule has 4 nitrogen and oxygen atoms in total. The van der Waals surface area contributed by atoms with Crippen molar-refractivity contribution in [3.63, 3.8) is 0 Å². The third-order valence-corrected chi connectivity index (χ3v) is 2.87. The van der Waals surface area contributed by atoms with E-state index in [9.17, 15) is 0 Å². The zero-order valence-electron chi connectivity index (χ0n) is 8.26. The third-order valence-electron chi connectivity index (χ3n) is 2.18. The van der Waals surface area contributed by atoms with Gasteiger partial charge in [0.15, 0.2) is 0 Å². The molecule has 3 N–H and O–H groups in total. The topological polar surface area (TPSA) is 64.1 Å². The molecule has 0 aliphatic heterocycles. The van der Waals surface area contributed by atoms with Gasteiger partial charge in [0.25, 0.3) is 0 Å². The number of nitrogens with two attached hydrogens (primary N) is 1. The van der Waals surface area contributed by atoms with E-state index in [4.69, 9.17) is 10.8 Å². The molecular weight excluding hydrogens is 210 g/mol. The van der Waals surface area contributed by atoms with Gasteiger partial charge in [0.05, 0.1) is 24.5 Å². The van der Waals surface area contributed by atoms with Crippen molar-refractivity contribution < 1.29 is 5.11 Å². The molecule has 2 heterocycles. The van der Waals surface area contributed by atoms with Crippen molar-refractivity contribution in [2.24, 2.45) is 5.73 Å². The van der Waals surface area contributed by atoms with Crippen LogP contribution in [0.3, 0.4) is 0 Å². The van der Waals surface area contributed by atoms with Crippen LogP contribution in [0.15, 0.2) is 22.9 Å². The molecule has 0 radical (unpaired) electrons. The highest BCUT2D eigenvalue weighted by Gasteiger charge is 2.08. The van der Waals surface area contributed by atoms with Crippen LogP contribution in [0.2, 0.25) is 0 Å². The van der Waals surface area contributed by atoms with Gasteiger partial charge in [0, 0.05) is 17.5 Å². The molecule has 0 aliphatic rings. The maximum Gasteiger partial charge on any atom is 0.0935 e. The Hall–Kier alpha value is -1.17. The van der Waals surface area contributed by atoms with E-state index in [-0.39, 0.29) is 6.61 Å². The van der Waals surface area contributed by atoms with Gasteiger partial charge in [0.2, 0.25) is 0 Å². The Labute approximate surface area is 92.0 Å². The molecular formula is C10H13N3OS. The molecule has 0 bridgehead atoms. The summed E-state index contributed by atoms with van der Waals surface area (Å²) in [4.78, 5) is 0. The van der Waals surface area contributed by atoms with Crippen LogP contribution >= 0.6 is 11.3 Å². The first-order chi connectivity index (χ1) is 7.35. The Morgan fingerprint density at radius 1 is 1.53 bits per heavy atom. The molecule has 15 heavy (non-hydrogen) atoms. The number of rotatable bonds is 4. The summed E-state index contributed by atoms with van der Waals surface area (Å²) in [5, 5.41) is 17.6. The van der Waals surface area contributed by atoms with Gasteiger partial charge in [-0.3, -0.25) is 4.68 Å². The highest BCUT2D eigenvalue weighted by molar-refractivity contribution is 7.08. The van der Waals surface area contributed by atoms with E-state index in [1.807, 2.05) is 22.9 Å². The predicted molar refractivity (Wildman–Crippen MR) is 60.5 cm³/mol. The van der Waals surface area contributed by atoms with Gasteiger partial charge < -0.3 is 10.8 Å². The van der Waals surface area contributed by atoms with Crippen LogP contribution < -0.4 is 5.73 Å². The molecule has 0 saturated carbocycles. The lowest BCUT2D eigenvalue weighted by Crippen LogP contribution is -2.13. The molecule has 80 valence electrons. The van der Waals surface area contributed by atoms with E-state index >= 15 is 0 Å². The second-order valence-corrected chi connectivity index (χ2v) is 3.98. The second kappa shape index (κ2) is 4.57. The number of hydrogen-bond acceptors (Lipinski definition) is 4. The fourth-order valence-electron chi connectivity index (χ4n) is 1.45. The van der Waals surface area contributed by atoms with E-state index in [2.05, 4.69) is 5.10 Å². The van der Waals surface area contributed by atoms with E-state index in [0.717, 1.165) is 17.0 Å². The Morgan fingerprint density at radius 3 is 3.00 bits per heavy atom. The minimum atomic E-state index is -0.00284. The molecule has 0 fully saturated rings. The molecule has 2 aromatic rings. The molecule has 0 spiro atoms. The van der Waals surface area contributed by atoms with Gasteiger partial charge in [-0.25, -0.2) is 0 Å². The molecule has 2 aromatic heterocycles. The number of thiophene rings is 1. The first-order valence-corrected chi connectivity index (χ1v) is 5.69. The largest absolute Gasteiger partial charge is 0.390 e. The van der Waals surface area contributed by atoms with Crippen LogP contribution in [0.1, 0.15) is 5.69 Å².